The molecule has 0 aromatic rings. The molecule has 7 heteroatoms. The summed E-state index contributed by atoms with van der Waals surface area (Å²) in [6.45, 7) is 30.0. The van der Waals surface area contributed by atoms with Crippen molar-refractivity contribution in [1.82, 2.24) is 0 Å². The van der Waals surface area contributed by atoms with Crippen LogP contribution in [0.25, 0.3) is 0 Å². The Hall–Kier alpha value is 1.76. The molecule has 0 aliphatic rings. The van der Waals surface area contributed by atoms with Gasteiger partial charge in [0.15, 0.2) is 0 Å². The molecule has 0 spiro atoms. The fraction of sp³-hybridized carbons (Fsp3) is 1.00. The molecule has 0 saturated heterocycles. The molecule has 31 heavy (non-hydrogen) atoms. The van der Waals surface area contributed by atoms with E-state index in [0.717, 1.165) is 34.0 Å². The first-order valence-electron chi connectivity index (χ1n) is 12.5. The Balaban J connectivity index is -0.00000253. The zero-order valence-corrected chi connectivity index (χ0v) is 28.7. The van der Waals surface area contributed by atoms with Crippen molar-refractivity contribution in [3.63, 3.8) is 0 Å². The monoisotopic (exact) mass is 600 g/mol. The van der Waals surface area contributed by atoms with Crippen LogP contribution in [0.4, 0.5) is 0 Å². The Labute approximate surface area is 215 Å². The van der Waals surface area contributed by atoms with Crippen LogP contribution in [-0.2, 0) is 19.5 Å². The minimum Gasteiger partial charge on any atom is -0.0287 e. The molecule has 0 atom stereocenters. The van der Waals surface area contributed by atoms with Gasteiger partial charge >= 0.3 is 0 Å². The van der Waals surface area contributed by atoms with Gasteiger partial charge in [0.2, 0.25) is 0 Å². The first kappa shape index (κ1) is 37.3. The maximum Gasteiger partial charge on any atom is 0.0910 e. The normalized spacial score (nSPS) is 12.3. The van der Waals surface area contributed by atoms with Crippen LogP contribution in [0, 0.1) is 10.8 Å². The molecule has 0 unspecified atom stereocenters. The summed E-state index contributed by atoms with van der Waals surface area (Å²) < 4.78 is 0. The maximum atomic E-state index is 6.00. The van der Waals surface area contributed by atoms with Gasteiger partial charge in [0.1, 0.15) is 0 Å². The van der Waals surface area contributed by atoms with Crippen molar-refractivity contribution >= 4 is 31.7 Å². The molecule has 2 nitrogen and oxygen atoms in total. The van der Waals surface area contributed by atoms with E-state index in [1.54, 1.807) is 37.0 Å². The largest absolute Gasteiger partial charge is 0.0910 e. The number of rotatable bonds is 15. The molecule has 0 saturated carbocycles. The predicted octanol–water partition coefficient (Wildman–Crippen LogP) is 8.32. The van der Waals surface area contributed by atoms with Crippen molar-refractivity contribution in [2.45, 2.75) is 117 Å². The van der Waals surface area contributed by atoms with Gasteiger partial charge < -0.3 is 0 Å². The Morgan fingerprint density at radius 1 is 0.387 bits per heavy atom. The molecular weight excluding hydrogens is 541 g/mol. The molecule has 0 aliphatic heterocycles. The summed E-state index contributed by atoms with van der Waals surface area (Å²) in [7, 11) is -0.667. The van der Waals surface area contributed by atoms with E-state index < -0.39 is 0 Å². The molecule has 0 fully saturated rings. The molecule has 188 valence electrons. The van der Waals surface area contributed by atoms with Crippen LogP contribution in [0.3, 0.4) is 0 Å². The molecule has 0 aromatic carbocycles. The van der Waals surface area contributed by atoms with Crippen LogP contribution in [0.15, 0.2) is 0 Å². The van der Waals surface area contributed by atoms with Gasteiger partial charge in [-0.1, -0.05) is 0 Å². The Bertz CT molecular complexity index is 348. The average molecular weight is 600 g/mol. The van der Waals surface area contributed by atoms with Crippen molar-refractivity contribution in [1.29, 1.82) is 10.8 Å². The summed E-state index contributed by atoms with van der Waals surface area (Å²) in [4.78, 5) is 0. The van der Waals surface area contributed by atoms with Crippen LogP contribution in [0.1, 0.15) is 83.1 Å². The van der Waals surface area contributed by atoms with Crippen molar-refractivity contribution in [2.24, 2.45) is 0 Å². The van der Waals surface area contributed by atoms with Crippen LogP contribution in [0.5, 0.6) is 0 Å². The molecular formula is C24H58N2P4Ru+4. The molecule has 0 bridgehead atoms. The SMILES string of the molecule is CC(C)[PH+](CC[PH+](CC[PH+](C(C)C)C(C)C)CC[PH+](C(C)C)C(C)C)C(C)C.N#N.[Ru]. The zero-order chi connectivity index (χ0) is 24.0. The fourth-order valence-electron chi connectivity index (χ4n) is 5.07. The van der Waals surface area contributed by atoms with Crippen molar-refractivity contribution in [3.8, 4) is 0 Å². The quantitative estimate of drug-likeness (QED) is 0.108. The second-order valence-electron chi connectivity index (χ2n) is 10.9. The first-order chi connectivity index (χ1) is 13.9. The van der Waals surface area contributed by atoms with E-state index >= 15 is 0 Å². The Morgan fingerprint density at radius 3 is 0.677 bits per heavy atom. The zero-order valence-electron chi connectivity index (χ0n) is 23.0. The third-order valence-corrected chi connectivity index (χ3v) is 22.5. The van der Waals surface area contributed by atoms with Gasteiger partial charge in [-0.2, -0.15) is 0 Å². The van der Waals surface area contributed by atoms with Gasteiger partial charge in [-0.15, -0.1) is 0 Å². The van der Waals surface area contributed by atoms with E-state index in [4.69, 9.17) is 10.8 Å². The number of hydrogen-bond donors (Lipinski definition) is 0. The van der Waals surface area contributed by atoms with Gasteiger partial charge in [0, 0.05) is 62.0 Å². The van der Waals surface area contributed by atoms with Crippen molar-refractivity contribution < 1.29 is 19.5 Å². The van der Waals surface area contributed by atoms with E-state index in [1.165, 1.54) is 0 Å². The van der Waals surface area contributed by atoms with E-state index in [1.807, 2.05) is 0 Å². The number of nitrogens with zero attached hydrogens (tertiary/aromatic N) is 2. The minimum atomic E-state index is -0.172. The van der Waals surface area contributed by atoms with E-state index in [9.17, 15) is 0 Å². The van der Waals surface area contributed by atoms with Crippen LogP contribution >= 0.6 is 31.7 Å². The molecule has 0 N–H and O–H groups in total. The smallest absolute Gasteiger partial charge is 0.0287 e. The fourth-order valence-corrected chi connectivity index (χ4v) is 21.0. The van der Waals surface area contributed by atoms with Crippen molar-refractivity contribution in [3.05, 3.63) is 0 Å². The van der Waals surface area contributed by atoms with Gasteiger partial charge in [0.05, 0.1) is 70.9 Å². The average Bonchev–Trinajstić information content (AvgIpc) is 2.61. The summed E-state index contributed by atoms with van der Waals surface area (Å²) >= 11 is 0. The second kappa shape index (κ2) is 21.1. The molecule has 0 aromatic heterocycles. The Morgan fingerprint density at radius 2 is 0.548 bits per heavy atom. The van der Waals surface area contributed by atoms with Crippen LogP contribution in [-0.4, -0.2) is 70.9 Å². The third kappa shape index (κ3) is 16.9. The molecule has 0 radical (unpaired) electrons. The van der Waals surface area contributed by atoms with Gasteiger partial charge in [-0.25, -0.2) is 0 Å². The second-order valence-corrected chi connectivity index (χ2v) is 25.8. The molecule has 0 aliphatic carbocycles. The minimum absolute atomic E-state index is 0. The summed E-state index contributed by atoms with van der Waals surface area (Å²) in [5.74, 6) is 0. The summed E-state index contributed by atoms with van der Waals surface area (Å²) in [5, 5.41) is 12.0. The molecule has 0 rings (SSSR count). The summed E-state index contributed by atoms with van der Waals surface area (Å²) in [5.41, 5.74) is 5.70. The topological polar surface area (TPSA) is 47.6 Å². The van der Waals surface area contributed by atoms with E-state index in [-0.39, 0.29) is 51.2 Å². The van der Waals surface area contributed by atoms with Crippen LogP contribution in [0.2, 0.25) is 0 Å². The standard InChI is InChI=1S/C24H54P4.N2.Ru/c1-19(2)26(20(3)4)16-13-25(14-17-27(21(5)6)22(7)8)15-18-28(23(9)10)24(11)12;1-2;/h19-24H,13-18H2,1-12H3;;/p+4. The predicted molar refractivity (Wildman–Crippen MR) is 157 cm³/mol. The first-order valence-corrected chi connectivity index (χ1v) is 20.2. The number of hydrogen-bond acceptors (Lipinski definition) is 2. The van der Waals surface area contributed by atoms with E-state index in [2.05, 4.69) is 83.1 Å². The molecule has 0 heterocycles. The van der Waals surface area contributed by atoms with Gasteiger partial charge in [0.25, 0.3) is 0 Å². The molecule has 0 amide bonds. The maximum absolute atomic E-state index is 6.00. The summed E-state index contributed by atoms with van der Waals surface area (Å²) in [6, 6.07) is 0. The van der Waals surface area contributed by atoms with Gasteiger partial charge in [-0.3, -0.25) is 0 Å². The summed E-state index contributed by atoms with van der Waals surface area (Å²) in [6.07, 6.45) is 9.70. The third-order valence-electron chi connectivity index (χ3n) is 6.75. The van der Waals surface area contributed by atoms with Crippen molar-refractivity contribution in [2.75, 3.05) is 37.0 Å². The van der Waals surface area contributed by atoms with Gasteiger partial charge in [-0.05, 0) is 83.1 Å². The Kier molecular flexibility index (Phi) is 25.4. The van der Waals surface area contributed by atoms with E-state index in [0.29, 0.717) is 0 Å². The van der Waals surface area contributed by atoms with Crippen LogP contribution < -0.4 is 0 Å².